The van der Waals surface area contributed by atoms with Gasteiger partial charge in [-0.05, 0) is 30.3 Å². The molecule has 0 aliphatic rings. The van der Waals surface area contributed by atoms with Gasteiger partial charge in [0, 0.05) is 5.69 Å². The molecule has 0 unspecified atom stereocenters. The summed E-state index contributed by atoms with van der Waals surface area (Å²) in [6.45, 7) is 0.282. The van der Waals surface area contributed by atoms with Gasteiger partial charge in [0.2, 0.25) is 10.0 Å². The van der Waals surface area contributed by atoms with Gasteiger partial charge in [-0.2, -0.15) is 0 Å². The number of fused-ring (bicyclic) bond motifs is 1. The van der Waals surface area contributed by atoms with Gasteiger partial charge in [0.15, 0.2) is 5.13 Å². The van der Waals surface area contributed by atoms with E-state index < -0.39 is 10.0 Å². The summed E-state index contributed by atoms with van der Waals surface area (Å²) in [4.78, 5) is 16.0. The zero-order chi connectivity index (χ0) is 17.2. The summed E-state index contributed by atoms with van der Waals surface area (Å²) in [6.07, 6.45) is 2.60. The van der Waals surface area contributed by atoms with Crippen molar-refractivity contribution in [1.82, 2.24) is 10.3 Å². The molecule has 0 saturated carbocycles. The Morgan fingerprint density at radius 3 is 2.88 bits per heavy atom. The topological polar surface area (TPSA) is 113 Å². The molecular weight excluding hydrogens is 352 g/mol. The lowest BCUT2D eigenvalue weighted by Gasteiger charge is -2.06. The predicted octanol–water partition coefficient (Wildman–Crippen LogP) is 2.58. The number of hydrogen-bond donors (Lipinski definition) is 3. The van der Waals surface area contributed by atoms with E-state index >= 15 is 0 Å². The fourth-order valence-corrected chi connectivity index (χ4v) is 3.70. The third-order valence-corrected chi connectivity index (χ3v) is 4.55. The molecular formula is C14H14N4O4S2. The predicted molar refractivity (Wildman–Crippen MR) is 92.7 cm³/mol. The summed E-state index contributed by atoms with van der Waals surface area (Å²) in [5, 5.41) is 5.66. The lowest BCUT2D eigenvalue weighted by molar-refractivity contribution is 0.251. The monoisotopic (exact) mass is 366 g/mol. The summed E-state index contributed by atoms with van der Waals surface area (Å²) in [5.74, 6) is 0.652. The minimum absolute atomic E-state index is 0.282. The summed E-state index contributed by atoms with van der Waals surface area (Å²) < 4.78 is 30.7. The molecule has 0 spiro atoms. The van der Waals surface area contributed by atoms with Crippen molar-refractivity contribution in [2.45, 2.75) is 6.54 Å². The number of carbonyl (C=O) groups excluding carboxylic acids is 1. The van der Waals surface area contributed by atoms with Crippen LogP contribution in [-0.2, 0) is 16.6 Å². The maximum atomic E-state index is 11.9. The summed E-state index contributed by atoms with van der Waals surface area (Å²) >= 11 is 1.19. The third kappa shape index (κ3) is 4.24. The van der Waals surface area contributed by atoms with Gasteiger partial charge in [0.25, 0.3) is 0 Å². The van der Waals surface area contributed by atoms with Crippen LogP contribution in [-0.4, -0.2) is 25.7 Å². The number of carbonyl (C=O) groups is 1. The molecule has 3 aromatic rings. The minimum atomic E-state index is -3.37. The van der Waals surface area contributed by atoms with Gasteiger partial charge >= 0.3 is 6.03 Å². The molecule has 2 amide bonds. The van der Waals surface area contributed by atoms with Crippen molar-refractivity contribution in [3.63, 3.8) is 0 Å². The zero-order valence-electron chi connectivity index (χ0n) is 12.6. The van der Waals surface area contributed by atoms with Crippen LogP contribution in [0.5, 0.6) is 0 Å². The standard InChI is InChI=1S/C14H14N4O4S2/c1-24(20,21)18-14-17-11-5-4-9(7-12(11)23-14)16-13(19)15-8-10-3-2-6-22-10/h2-7H,8H2,1H3,(H,17,18)(H2,15,16,19). The summed E-state index contributed by atoms with van der Waals surface area (Å²) in [7, 11) is -3.37. The number of nitrogens with zero attached hydrogens (tertiary/aromatic N) is 1. The van der Waals surface area contributed by atoms with Crippen LogP contribution >= 0.6 is 11.3 Å². The van der Waals surface area contributed by atoms with Gasteiger partial charge < -0.3 is 15.1 Å². The first-order valence-electron chi connectivity index (χ1n) is 6.85. The van der Waals surface area contributed by atoms with Crippen LogP contribution in [0, 0.1) is 0 Å². The average Bonchev–Trinajstić information content (AvgIpc) is 3.11. The smallest absolute Gasteiger partial charge is 0.319 e. The molecule has 0 radical (unpaired) electrons. The molecule has 0 aliphatic carbocycles. The number of rotatable bonds is 5. The Morgan fingerprint density at radius 1 is 1.33 bits per heavy atom. The molecule has 0 atom stereocenters. The number of hydrogen-bond acceptors (Lipinski definition) is 6. The Balaban J connectivity index is 1.67. The Morgan fingerprint density at radius 2 is 2.17 bits per heavy atom. The first kappa shape index (κ1) is 16.3. The van der Waals surface area contributed by atoms with Crippen molar-refractivity contribution >= 4 is 48.4 Å². The number of amides is 2. The Labute approximate surface area is 141 Å². The molecule has 0 saturated heterocycles. The highest BCUT2D eigenvalue weighted by atomic mass is 32.2. The van der Waals surface area contributed by atoms with Gasteiger partial charge in [-0.1, -0.05) is 11.3 Å². The number of anilines is 2. The molecule has 0 fully saturated rings. The van der Waals surface area contributed by atoms with Crippen molar-refractivity contribution in [1.29, 1.82) is 0 Å². The van der Waals surface area contributed by atoms with Crippen LogP contribution in [0.3, 0.4) is 0 Å². The normalized spacial score (nSPS) is 11.4. The fraction of sp³-hybridized carbons (Fsp3) is 0.143. The molecule has 1 aromatic carbocycles. The second-order valence-electron chi connectivity index (χ2n) is 4.96. The van der Waals surface area contributed by atoms with E-state index in [0.717, 1.165) is 11.0 Å². The SMILES string of the molecule is CS(=O)(=O)Nc1nc2ccc(NC(=O)NCc3ccco3)cc2s1. The van der Waals surface area contributed by atoms with Crippen molar-refractivity contribution in [3.8, 4) is 0 Å². The molecule has 2 aromatic heterocycles. The lowest BCUT2D eigenvalue weighted by atomic mass is 10.3. The molecule has 2 heterocycles. The quantitative estimate of drug-likeness (QED) is 0.642. The van der Waals surface area contributed by atoms with Gasteiger partial charge in [0.1, 0.15) is 5.76 Å². The molecule has 10 heteroatoms. The summed E-state index contributed by atoms with van der Waals surface area (Å²) in [5.41, 5.74) is 1.22. The number of benzene rings is 1. The number of aromatic nitrogens is 1. The Hall–Kier alpha value is -2.59. The first-order valence-corrected chi connectivity index (χ1v) is 9.55. The van der Waals surface area contributed by atoms with E-state index in [9.17, 15) is 13.2 Å². The molecule has 8 nitrogen and oxygen atoms in total. The van der Waals surface area contributed by atoms with E-state index in [1.807, 2.05) is 0 Å². The van der Waals surface area contributed by atoms with Gasteiger partial charge in [0.05, 0.1) is 29.3 Å². The Kier molecular flexibility index (Phi) is 4.40. The lowest BCUT2D eigenvalue weighted by Crippen LogP contribution is -2.27. The third-order valence-electron chi connectivity index (χ3n) is 2.92. The number of sulfonamides is 1. The van der Waals surface area contributed by atoms with E-state index in [2.05, 4.69) is 20.3 Å². The minimum Gasteiger partial charge on any atom is -0.467 e. The van der Waals surface area contributed by atoms with Crippen LogP contribution < -0.4 is 15.4 Å². The van der Waals surface area contributed by atoms with Gasteiger partial charge in [-0.25, -0.2) is 18.2 Å². The number of furan rings is 1. The number of nitrogens with one attached hydrogen (secondary N) is 3. The highest BCUT2D eigenvalue weighted by Gasteiger charge is 2.10. The molecule has 24 heavy (non-hydrogen) atoms. The highest BCUT2D eigenvalue weighted by Crippen LogP contribution is 2.28. The molecule has 3 rings (SSSR count). The largest absolute Gasteiger partial charge is 0.467 e. The fourth-order valence-electron chi connectivity index (χ4n) is 1.96. The zero-order valence-corrected chi connectivity index (χ0v) is 14.2. The highest BCUT2D eigenvalue weighted by molar-refractivity contribution is 7.92. The van der Waals surface area contributed by atoms with Crippen molar-refractivity contribution in [3.05, 3.63) is 42.4 Å². The van der Waals surface area contributed by atoms with Crippen molar-refractivity contribution in [2.24, 2.45) is 0 Å². The molecule has 3 N–H and O–H groups in total. The summed E-state index contributed by atoms with van der Waals surface area (Å²) in [6, 6.07) is 8.27. The number of thiazole rings is 1. The van der Waals surface area contributed by atoms with Crippen LogP contribution in [0.15, 0.2) is 41.0 Å². The van der Waals surface area contributed by atoms with Crippen LogP contribution in [0.25, 0.3) is 10.2 Å². The first-order chi connectivity index (χ1) is 11.4. The van der Waals surface area contributed by atoms with Gasteiger partial charge in [-0.15, -0.1) is 0 Å². The van der Waals surface area contributed by atoms with Gasteiger partial charge in [-0.3, -0.25) is 4.72 Å². The van der Waals surface area contributed by atoms with E-state index in [1.54, 1.807) is 30.3 Å². The average molecular weight is 366 g/mol. The van der Waals surface area contributed by atoms with Crippen molar-refractivity contribution in [2.75, 3.05) is 16.3 Å². The van der Waals surface area contributed by atoms with Crippen LogP contribution in [0.2, 0.25) is 0 Å². The molecule has 0 aliphatic heterocycles. The van der Waals surface area contributed by atoms with E-state index in [4.69, 9.17) is 4.42 Å². The van der Waals surface area contributed by atoms with Crippen LogP contribution in [0.4, 0.5) is 15.6 Å². The second kappa shape index (κ2) is 6.49. The van der Waals surface area contributed by atoms with E-state index in [1.165, 1.54) is 17.6 Å². The Bertz CT molecular complexity index is 964. The molecule has 126 valence electrons. The molecule has 0 bridgehead atoms. The maximum absolute atomic E-state index is 11.9. The van der Waals surface area contributed by atoms with E-state index in [-0.39, 0.29) is 17.7 Å². The maximum Gasteiger partial charge on any atom is 0.319 e. The number of urea groups is 1. The van der Waals surface area contributed by atoms with Crippen molar-refractivity contribution < 1.29 is 17.6 Å². The van der Waals surface area contributed by atoms with E-state index in [0.29, 0.717) is 17.0 Å². The second-order valence-corrected chi connectivity index (χ2v) is 7.74. The van der Waals surface area contributed by atoms with Crippen LogP contribution in [0.1, 0.15) is 5.76 Å².